The van der Waals surface area contributed by atoms with Gasteiger partial charge < -0.3 is 11.1 Å². The van der Waals surface area contributed by atoms with Crippen LogP contribution in [0.3, 0.4) is 0 Å². The van der Waals surface area contributed by atoms with Crippen molar-refractivity contribution >= 4 is 23.9 Å². The largest absolute Gasteiger partial charge is 0.351 e. The lowest BCUT2D eigenvalue weighted by molar-refractivity contribution is -0.137. The molecule has 0 saturated carbocycles. The summed E-state index contributed by atoms with van der Waals surface area (Å²) in [6.07, 6.45) is 0. The Morgan fingerprint density at radius 1 is 1.27 bits per heavy atom. The number of hydrogen-bond acceptors (Lipinski definition) is 4. The van der Waals surface area contributed by atoms with Gasteiger partial charge in [0.1, 0.15) is 11.6 Å². The average Bonchev–Trinajstić information content (AvgIpc) is 2.69. The number of nitrogens with one attached hydrogen (secondary N) is 2. The molecular weight excluding hydrogens is 288 g/mol. The van der Waals surface area contributed by atoms with E-state index in [0.29, 0.717) is 5.56 Å². The molecule has 1 fully saturated rings. The van der Waals surface area contributed by atoms with Crippen molar-refractivity contribution in [2.24, 2.45) is 5.73 Å². The number of carbonyl (C=O) groups is 4. The third-order valence-electron chi connectivity index (χ3n) is 3.59. The maximum absolute atomic E-state index is 12.6. The number of nitrogens with two attached hydrogens (primary N) is 1. The van der Waals surface area contributed by atoms with Crippen LogP contribution in [0.2, 0.25) is 0 Å². The van der Waals surface area contributed by atoms with Gasteiger partial charge in [0, 0.05) is 0 Å². The van der Waals surface area contributed by atoms with Crippen molar-refractivity contribution in [3.05, 3.63) is 35.9 Å². The van der Waals surface area contributed by atoms with Gasteiger partial charge in [-0.3, -0.25) is 14.9 Å². The van der Waals surface area contributed by atoms with Gasteiger partial charge in [-0.1, -0.05) is 30.3 Å². The van der Waals surface area contributed by atoms with Crippen LogP contribution in [0.25, 0.3) is 0 Å². The van der Waals surface area contributed by atoms with E-state index >= 15 is 0 Å². The highest BCUT2D eigenvalue weighted by Gasteiger charge is 2.51. The van der Waals surface area contributed by atoms with Crippen LogP contribution in [-0.4, -0.2) is 34.8 Å². The first-order valence-corrected chi connectivity index (χ1v) is 6.59. The fourth-order valence-corrected chi connectivity index (χ4v) is 2.32. The summed E-state index contributed by atoms with van der Waals surface area (Å²) < 4.78 is 0. The molecule has 22 heavy (non-hydrogen) atoms. The van der Waals surface area contributed by atoms with Gasteiger partial charge in [-0.25, -0.2) is 14.5 Å². The van der Waals surface area contributed by atoms with Crippen LogP contribution in [-0.2, 0) is 15.1 Å². The third-order valence-corrected chi connectivity index (χ3v) is 3.59. The van der Waals surface area contributed by atoms with E-state index in [2.05, 4.69) is 5.32 Å². The SMILES string of the molecule is C[C@H](C(=O)NC(N)=O)N1C(=O)N[C@](C)(c2ccccc2)C1=O. The van der Waals surface area contributed by atoms with Crippen molar-refractivity contribution in [1.82, 2.24) is 15.5 Å². The Morgan fingerprint density at radius 3 is 2.41 bits per heavy atom. The summed E-state index contributed by atoms with van der Waals surface area (Å²) in [5.74, 6) is -1.40. The number of nitrogens with zero attached hydrogens (tertiary/aromatic N) is 1. The monoisotopic (exact) mass is 304 g/mol. The van der Waals surface area contributed by atoms with Crippen molar-refractivity contribution in [3.63, 3.8) is 0 Å². The maximum Gasteiger partial charge on any atom is 0.326 e. The number of benzene rings is 1. The highest BCUT2D eigenvalue weighted by Crippen LogP contribution is 2.29. The summed E-state index contributed by atoms with van der Waals surface area (Å²) in [4.78, 5) is 48.0. The minimum atomic E-state index is -1.26. The van der Waals surface area contributed by atoms with E-state index in [0.717, 1.165) is 4.90 Å². The van der Waals surface area contributed by atoms with E-state index in [1.807, 2.05) is 5.32 Å². The second-order valence-corrected chi connectivity index (χ2v) is 5.13. The zero-order chi connectivity index (χ0) is 16.5. The molecule has 1 aromatic carbocycles. The van der Waals surface area contributed by atoms with Crippen LogP contribution < -0.4 is 16.4 Å². The molecule has 1 saturated heterocycles. The van der Waals surface area contributed by atoms with Crippen LogP contribution in [0, 0.1) is 0 Å². The van der Waals surface area contributed by atoms with Crippen molar-refractivity contribution in [2.75, 3.05) is 0 Å². The smallest absolute Gasteiger partial charge is 0.326 e. The Bertz CT molecular complexity index is 646. The number of rotatable bonds is 3. The number of carbonyl (C=O) groups excluding carboxylic acids is 4. The average molecular weight is 304 g/mol. The summed E-state index contributed by atoms with van der Waals surface area (Å²) in [7, 11) is 0. The second-order valence-electron chi connectivity index (χ2n) is 5.13. The molecule has 4 N–H and O–H groups in total. The van der Waals surface area contributed by atoms with Crippen molar-refractivity contribution in [3.8, 4) is 0 Å². The van der Waals surface area contributed by atoms with E-state index in [4.69, 9.17) is 5.73 Å². The lowest BCUT2D eigenvalue weighted by Gasteiger charge is -2.24. The Kier molecular flexibility index (Phi) is 3.85. The summed E-state index contributed by atoms with van der Waals surface area (Å²) in [6.45, 7) is 2.90. The molecule has 0 radical (unpaired) electrons. The molecule has 1 aliphatic heterocycles. The minimum absolute atomic E-state index is 0.573. The van der Waals surface area contributed by atoms with Crippen LogP contribution in [0.15, 0.2) is 30.3 Å². The van der Waals surface area contributed by atoms with Crippen molar-refractivity contribution < 1.29 is 19.2 Å². The zero-order valence-electron chi connectivity index (χ0n) is 12.1. The van der Waals surface area contributed by atoms with Crippen LogP contribution in [0.1, 0.15) is 19.4 Å². The summed E-state index contributed by atoms with van der Waals surface area (Å²) in [5.41, 5.74) is 4.20. The fourth-order valence-electron chi connectivity index (χ4n) is 2.32. The lowest BCUT2D eigenvalue weighted by Crippen LogP contribution is -2.51. The molecule has 1 heterocycles. The quantitative estimate of drug-likeness (QED) is 0.682. The van der Waals surface area contributed by atoms with Gasteiger partial charge in [-0.15, -0.1) is 0 Å². The van der Waals surface area contributed by atoms with Gasteiger partial charge in [-0.2, -0.15) is 0 Å². The summed E-state index contributed by atoms with van der Waals surface area (Å²) in [5, 5.41) is 4.43. The molecule has 0 bridgehead atoms. The molecule has 1 aliphatic rings. The standard InChI is InChI=1S/C14H16N4O4/c1-8(10(19)16-12(15)21)18-11(20)14(2,17-13(18)22)9-6-4-3-5-7-9/h3-8H,1-2H3,(H,17,22)(H3,15,16,19,21)/t8-,14-/m1/s1. The zero-order valence-corrected chi connectivity index (χ0v) is 12.1. The highest BCUT2D eigenvalue weighted by molar-refractivity contribution is 6.11. The molecule has 116 valence electrons. The second kappa shape index (κ2) is 5.47. The van der Waals surface area contributed by atoms with Crippen molar-refractivity contribution in [1.29, 1.82) is 0 Å². The van der Waals surface area contributed by atoms with Crippen LogP contribution in [0.5, 0.6) is 0 Å². The summed E-state index contributed by atoms with van der Waals surface area (Å²) >= 11 is 0. The molecule has 6 amide bonds. The molecule has 8 heteroatoms. The first kappa shape index (κ1) is 15.5. The first-order chi connectivity index (χ1) is 10.3. The Labute approximate surface area is 126 Å². The van der Waals surface area contributed by atoms with E-state index in [-0.39, 0.29) is 0 Å². The molecule has 8 nitrogen and oxygen atoms in total. The van der Waals surface area contributed by atoms with Gasteiger partial charge in [0.15, 0.2) is 0 Å². The number of imide groups is 2. The molecule has 0 unspecified atom stereocenters. The first-order valence-electron chi connectivity index (χ1n) is 6.59. The normalized spacial score (nSPS) is 22.2. The number of urea groups is 2. The van der Waals surface area contributed by atoms with E-state index in [9.17, 15) is 19.2 Å². The highest BCUT2D eigenvalue weighted by atomic mass is 16.2. The molecule has 0 aliphatic carbocycles. The van der Waals surface area contributed by atoms with Gasteiger partial charge >= 0.3 is 12.1 Å². The van der Waals surface area contributed by atoms with Crippen LogP contribution in [0.4, 0.5) is 9.59 Å². The molecule has 0 aromatic heterocycles. The number of amides is 6. The van der Waals surface area contributed by atoms with E-state index < -0.39 is 35.5 Å². The minimum Gasteiger partial charge on any atom is -0.351 e. The van der Waals surface area contributed by atoms with Gasteiger partial charge in [0.25, 0.3) is 11.8 Å². The van der Waals surface area contributed by atoms with E-state index in [1.165, 1.54) is 6.92 Å². The summed E-state index contributed by atoms with van der Waals surface area (Å²) in [6, 6.07) is 5.77. The van der Waals surface area contributed by atoms with Crippen molar-refractivity contribution in [2.45, 2.75) is 25.4 Å². The molecule has 0 spiro atoms. The lowest BCUT2D eigenvalue weighted by atomic mass is 9.92. The van der Waals surface area contributed by atoms with Gasteiger partial charge in [-0.05, 0) is 19.4 Å². The maximum atomic E-state index is 12.6. The van der Waals surface area contributed by atoms with E-state index in [1.54, 1.807) is 37.3 Å². The Balaban J connectivity index is 2.29. The Hall–Kier alpha value is -2.90. The molecule has 1 aromatic rings. The topological polar surface area (TPSA) is 122 Å². The fraction of sp³-hybridized carbons (Fsp3) is 0.286. The van der Waals surface area contributed by atoms with Crippen LogP contribution >= 0.6 is 0 Å². The molecule has 2 rings (SSSR count). The third kappa shape index (κ3) is 2.50. The number of hydrogen-bond donors (Lipinski definition) is 3. The molecule has 2 atom stereocenters. The number of primary amides is 1. The van der Waals surface area contributed by atoms with Gasteiger partial charge in [0.05, 0.1) is 0 Å². The predicted molar refractivity (Wildman–Crippen MR) is 76.4 cm³/mol. The Morgan fingerprint density at radius 2 is 1.86 bits per heavy atom. The predicted octanol–water partition coefficient (Wildman–Crippen LogP) is 0.0370. The molecular formula is C14H16N4O4. The van der Waals surface area contributed by atoms with Gasteiger partial charge in [0.2, 0.25) is 0 Å².